The van der Waals surface area contributed by atoms with Gasteiger partial charge in [0, 0.05) is 30.9 Å². The molecule has 7 nitrogen and oxygen atoms in total. The van der Waals surface area contributed by atoms with Crippen molar-refractivity contribution in [3.8, 4) is 0 Å². The Morgan fingerprint density at radius 1 is 1.14 bits per heavy atom. The number of aromatic nitrogens is 1. The third-order valence-electron chi connectivity index (χ3n) is 4.07. The number of thioether (sulfide) groups is 1. The van der Waals surface area contributed by atoms with E-state index in [0.717, 1.165) is 11.1 Å². The van der Waals surface area contributed by atoms with Crippen LogP contribution in [0.5, 0.6) is 0 Å². The predicted octanol–water partition coefficient (Wildman–Crippen LogP) is 2.44. The molecule has 0 aliphatic carbocycles. The van der Waals surface area contributed by atoms with Crippen LogP contribution in [-0.2, 0) is 9.59 Å². The normalized spacial score (nSPS) is 14.9. The summed E-state index contributed by atoms with van der Waals surface area (Å²) in [6, 6.07) is 10.9. The first-order chi connectivity index (χ1) is 13.9. The Bertz CT molecular complexity index is 975. The highest BCUT2D eigenvalue weighted by Gasteiger charge is 2.32. The lowest BCUT2D eigenvalue weighted by Crippen LogP contribution is -2.43. The third kappa shape index (κ3) is 5.49. The number of nitrogens with one attached hydrogen (secondary N) is 2. The number of hydrazine groups is 1. The van der Waals surface area contributed by atoms with Crippen molar-refractivity contribution in [1.82, 2.24) is 20.7 Å². The van der Waals surface area contributed by atoms with E-state index < -0.39 is 11.8 Å². The van der Waals surface area contributed by atoms with Crippen LogP contribution in [0.15, 0.2) is 53.7 Å². The molecule has 2 N–H and O–H groups in total. The molecule has 0 radical (unpaired) electrons. The van der Waals surface area contributed by atoms with Crippen molar-refractivity contribution in [2.24, 2.45) is 0 Å². The number of hydrogen-bond donors (Lipinski definition) is 2. The molecule has 1 aromatic heterocycles. The standard InChI is InChI=1S/C20H18N4O3S2/c1-13-2-4-14(5-3-13)12-16-19(27)24(20(28)29-16)11-8-17(25)22-23-18(26)15-6-9-21-10-7-15/h2-7,9-10,12H,8,11H2,1H3,(H,22,25)(H,23,26)/b16-12+. The number of amides is 3. The molecule has 29 heavy (non-hydrogen) atoms. The number of hydrogen-bond acceptors (Lipinski definition) is 6. The van der Waals surface area contributed by atoms with E-state index in [-0.39, 0.29) is 18.9 Å². The number of carbonyl (C=O) groups is 3. The van der Waals surface area contributed by atoms with Crippen LogP contribution in [0.2, 0.25) is 0 Å². The van der Waals surface area contributed by atoms with E-state index in [1.54, 1.807) is 6.08 Å². The van der Waals surface area contributed by atoms with Crippen LogP contribution in [-0.4, -0.2) is 38.5 Å². The van der Waals surface area contributed by atoms with E-state index in [9.17, 15) is 14.4 Å². The van der Waals surface area contributed by atoms with Crippen LogP contribution in [0.25, 0.3) is 6.08 Å². The highest BCUT2D eigenvalue weighted by molar-refractivity contribution is 8.26. The molecule has 2 heterocycles. The average Bonchev–Trinajstić information content (AvgIpc) is 2.99. The van der Waals surface area contributed by atoms with Gasteiger partial charge in [-0.2, -0.15) is 0 Å². The zero-order valence-electron chi connectivity index (χ0n) is 15.5. The van der Waals surface area contributed by atoms with Crippen molar-refractivity contribution in [2.45, 2.75) is 13.3 Å². The predicted molar refractivity (Wildman–Crippen MR) is 116 cm³/mol. The maximum Gasteiger partial charge on any atom is 0.269 e. The van der Waals surface area contributed by atoms with Crippen molar-refractivity contribution >= 4 is 52.1 Å². The first kappa shape index (κ1) is 20.7. The number of pyridine rings is 1. The fourth-order valence-corrected chi connectivity index (χ4v) is 3.79. The fraction of sp³-hybridized carbons (Fsp3) is 0.150. The molecule has 1 aliphatic heterocycles. The zero-order valence-corrected chi connectivity index (χ0v) is 17.2. The second-order valence-corrected chi connectivity index (χ2v) is 7.91. The van der Waals surface area contributed by atoms with Gasteiger partial charge in [-0.05, 0) is 30.7 Å². The molecule has 148 valence electrons. The number of nitrogens with zero attached hydrogens (tertiary/aromatic N) is 2. The van der Waals surface area contributed by atoms with Crippen LogP contribution in [0.1, 0.15) is 27.9 Å². The summed E-state index contributed by atoms with van der Waals surface area (Å²) in [7, 11) is 0. The van der Waals surface area contributed by atoms with Gasteiger partial charge in [0.15, 0.2) is 0 Å². The molecular weight excluding hydrogens is 408 g/mol. The van der Waals surface area contributed by atoms with Gasteiger partial charge >= 0.3 is 0 Å². The van der Waals surface area contributed by atoms with E-state index in [1.807, 2.05) is 31.2 Å². The molecule has 1 aliphatic rings. The van der Waals surface area contributed by atoms with E-state index in [4.69, 9.17) is 12.2 Å². The molecule has 0 saturated carbocycles. The number of carbonyl (C=O) groups excluding carboxylic acids is 3. The molecule has 0 unspecified atom stereocenters. The van der Waals surface area contributed by atoms with Crippen LogP contribution in [0.3, 0.4) is 0 Å². The molecule has 1 saturated heterocycles. The van der Waals surface area contributed by atoms with E-state index in [0.29, 0.717) is 14.8 Å². The van der Waals surface area contributed by atoms with Gasteiger partial charge < -0.3 is 0 Å². The molecule has 3 rings (SSSR count). The molecule has 0 spiro atoms. The largest absolute Gasteiger partial charge is 0.292 e. The van der Waals surface area contributed by atoms with E-state index >= 15 is 0 Å². The van der Waals surface area contributed by atoms with Crippen molar-refractivity contribution in [2.75, 3.05) is 6.54 Å². The van der Waals surface area contributed by atoms with Crippen molar-refractivity contribution in [3.63, 3.8) is 0 Å². The number of benzene rings is 1. The van der Waals surface area contributed by atoms with Crippen LogP contribution in [0, 0.1) is 6.92 Å². The Hall–Kier alpha value is -3.04. The SMILES string of the molecule is Cc1ccc(/C=C2/SC(=S)N(CCC(=O)NNC(=O)c3ccncc3)C2=O)cc1. The summed E-state index contributed by atoms with van der Waals surface area (Å²) in [5, 5.41) is 0. The minimum absolute atomic E-state index is 0.000870. The molecular formula is C20H18N4O3S2. The quantitative estimate of drug-likeness (QED) is 0.434. The molecule has 3 amide bonds. The summed E-state index contributed by atoms with van der Waals surface area (Å²) in [5.41, 5.74) is 7.07. The summed E-state index contributed by atoms with van der Waals surface area (Å²) in [6.07, 6.45) is 4.75. The molecule has 0 atom stereocenters. The van der Waals surface area contributed by atoms with Gasteiger partial charge in [-0.15, -0.1) is 0 Å². The lowest BCUT2D eigenvalue weighted by molar-refractivity contribution is -0.124. The van der Waals surface area contributed by atoms with Gasteiger partial charge in [-0.25, -0.2) is 0 Å². The molecule has 9 heteroatoms. The van der Waals surface area contributed by atoms with Crippen molar-refractivity contribution in [3.05, 3.63) is 70.4 Å². The summed E-state index contributed by atoms with van der Waals surface area (Å²) in [4.78, 5) is 42.2. The molecule has 1 fully saturated rings. The number of aryl methyl sites for hydroxylation is 1. The van der Waals surface area contributed by atoms with Gasteiger partial charge in [-0.1, -0.05) is 53.8 Å². The second kappa shape index (κ2) is 9.44. The maximum absolute atomic E-state index is 12.6. The topological polar surface area (TPSA) is 91.4 Å². The zero-order chi connectivity index (χ0) is 20.8. The first-order valence-corrected chi connectivity index (χ1v) is 9.98. The fourth-order valence-electron chi connectivity index (χ4n) is 2.48. The maximum atomic E-state index is 12.6. The monoisotopic (exact) mass is 426 g/mol. The van der Waals surface area contributed by atoms with Crippen molar-refractivity contribution < 1.29 is 14.4 Å². The highest BCUT2D eigenvalue weighted by atomic mass is 32.2. The molecule has 0 bridgehead atoms. The van der Waals surface area contributed by atoms with Crippen LogP contribution in [0.4, 0.5) is 0 Å². The van der Waals surface area contributed by atoms with Gasteiger partial charge in [0.2, 0.25) is 5.91 Å². The Morgan fingerprint density at radius 2 is 1.83 bits per heavy atom. The second-order valence-electron chi connectivity index (χ2n) is 6.23. The minimum Gasteiger partial charge on any atom is -0.292 e. The summed E-state index contributed by atoms with van der Waals surface area (Å²) in [6.45, 7) is 2.13. The minimum atomic E-state index is -0.451. The molecule has 2 aromatic rings. The lowest BCUT2D eigenvalue weighted by atomic mass is 10.1. The molecule has 1 aromatic carbocycles. The Morgan fingerprint density at radius 3 is 2.52 bits per heavy atom. The van der Waals surface area contributed by atoms with E-state index in [1.165, 1.54) is 41.2 Å². The van der Waals surface area contributed by atoms with Crippen LogP contribution >= 0.6 is 24.0 Å². The van der Waals surface area contributed by atoms with Gasteiger partial charge in [0.05, 0.1) is 4.91 Å². The van der Waals surface area contributed by atoms with Crippen LogP contribution < -0.4 is 10.9 Å². The average molecular weight is 427 g/mol. The van der Waals surface area contributed by atoms with Gasteiger partial charge in [-0.3, -0.25) is 35.1 Å². The van der Waals surface area contributed by atoms with Gasteiger partial charge in [0.1, 0.15) is 4.32 Å². The summed E-state index contributed by atoms with van der Waals surface area (Å²) < 4.78 is 0.405. The third-order valence-corrected chi connectivity index (χ3v) is 5.45. The summed E-state index contributed by atoms with van der Waals surface area (Å²) >= 11 is 6.48. The highest BCUT2D eigenvalue weighted by Crippen LogP contribution is 2.32. The Labute approximate surface area is 177 Å². The summed E-state index contributed by atoms with van der Waals surface area (Å²) in [5.74, 6) is -1.11. The lowest BCUT2D eigenvalue weighted by Gasteiger charge is -2.14. The van der Waals surface area contributed by atoms with Gasteiger partial charge in [0.25, 0.3) is 11.8 Å². The van der Waals surface area contributed by atoms with E-state index in [2.05, 4.69) is 15.8 Å². The Kier molecular flexibility index (Phi) is 6.73. The number of thiocarbonyl (C=S) groups is 1. The number of rotatable bonds is 5. The Balaban J connectivity index is 1.51. The smallest absolute Gasteiger partial charge is 0.269 e. The van der Waals surface area contributed by atoms with Crippen molar-refractivity contribution in [1.29, 1.82) is 0 Å². The first-order valence-electron chi connectivity index (χ1n) is 8.75.